The molecule has 1 unspecified atom stereocenters. The Hall–Kier alpha value is -1.10. The third-order valence-corrected chi connectivity index (χ3v) is 3.80. The maximum Gasteiger partial charge on any atom is 0.311 e. The van der Waals surface area contributed by atoms with Crippen molar-refractivity contribution in [1.82, 2.24) is 4.98 Å². The molecule has 19 heavy (non-hydrogen) atoms. The zero-order valence-electron chi connectivity index (χ0n) is 12.1. The Morgan fingerprint density at radius 2 is 2.21 bits per heavy atom. The number of esters is 1. The predicted octanol–water partition coefficient (Wildman–Crippen LogP) is 3.63. The fraction of sp³-hybridized carbons (Fsp3) is 0.714. The van der Waals surface area contributed by atoms with E-state index in [0.717, 1.165) is 17.2 Å². The first-order valence-electron chi connectivity index (χ1n) is 6.97. The van der Waals surface area contributed by atoms with Crippen LogP contribution in [-0.4, -0.2) is 24.1 Å². The standard InChI is InChI=1S/C14H24N2O2S/c1-4-6-8-11(7-5-2)15-14-16-12(10-19-14)9-13(17)18-3/h10-11H,4-9H2,1-3H3,(H,15,16). The van der Waals surface area contributed by atoms with Gasteiger partial charge in [0.2, 0.25) is 0 Å². The third-order valence-electron chi connectivity index (χ3n) is 2.98. The first kappa shape index (κ1) is 16.0. The zero-order chi connectivity index (χ0) is 14.1. The molecule has 1 aromatic rings. The Balaban J connectivity index is 2.51. The van der Waals surface area contributed by atoms with E-state index in [2.05, 4.69) is 28.9 Å². The lowest BCUT2D eigenvalue weighted by Gasteiger charge is -2.16. The highest BCUT2D eigenvalue weighted by Gasteiger charge is 2.11. The van der Waals surface area contributed by atoms with Gasteiger partial charge in [-0.2, -0.15) is 0 Å². The van der Waals surface area contributed by atoms with Gasteiger partial charge in [-0.15, -0.1) is 11.3 Å². The molecule has 1 rings (SSSR count). The first-order chi connectivity index (χ1) is 9.19. The Labute approximate surface area is 119 Å². The van der Waals surface area contributed by atoms with Gasteiger partial charge in [-0.25, -0.2) is 4.98 Å². The highest BCUT2D eigenvalue weighted by molar-refractivity contribution is 7.13. The van der Waals surface area contributed by atoms with Gasteiger partial charge in [0.05, 0.1) is 19.2 Å². The molecule has 0 spiro atoms. The Morgan fingerprint density at radius 1 is 1.42 bits per heavy atom. The lowest BCUT2D eigenvalue weighted by molar-refractivity contribution is -0.139. The van der Waals surface area contributed by atoms with Gasteiger partial charge in [-0.1, -0.05) is 33.1 Å². The van der Waals surface area contributed by atoms with Crippen LogP contribution in [0, 0.1) is 0 Å². The molecule has 0 fully saturated rings. The highest BCUT2D eigenvalue weighted by atomic mass is 32.1. The molecule has 1 aromatic heterocycles. The van der Waals surface area contributed by atoms with Crippen molar-refractivity contribution in [1.29, 1.82) is 0 Å². The number of rotatable bonds is 9. The summed E-state index contributed by atoms with van der Waals surface area (Å²) >= 11 is 1.56. The summed E-state index contributed by atoms with van der Waals surface area (Å²) in [5.74, 6) is -0.243. The molecule has 1 heterocycles. The second-order valence-electron chi connectivity index (χ2n) is 4.67. The molecule has 4 nitrogen and oxygen atoms in total. The van der Waals surface area contributed by atoms with Crippen LogP contribution in [0.5, 0.6) is 0 Å². The van der Waals surface area contributed by atoms with Crippen LogP contribution in [0.4, 0.5) is 5.13 Å². The average Bonchev–Trinajstić information content (AvgIpc) is 2.83. The number of hydrogen-bond donors (Lipinski definition) is 1. The summed E-state index contributed by atoms with van der Waals surface area (Å²) in [6.45, 7) is 4.41. The van der Waals surface area contributed by atoms with Gasteiger partial charge in [0.1, 0.15) is 0 Å². The van der Waals surface area contributed by atoms with E-state index in [1.54, 1.807) is 11.3 Å². The van der Waals surface area contributed by atoms with Gasteiger partial charge in [0.25, 0.3) is 0 Å². The SMILES string of the molecule is CCCCC(CCC)Nc1nc(CC(=O)OC)cs1. The van der Waals surface area contributed by atoms with Crippen LogP contribution < -0.4 is 5.32 Å². The number of methoxy groups -OCH3 is 1. The lowest BCUT2D eigenvalue weighted by Crippen LogP contribution is -2.19. The normalized spacial score (nSPS) is 12.2. The largest absolute Gasteiger partial charge is 0.469 e. The van der Waals surface area contributed by atoms with Crippen molar-refractivity contribution in [3.63, 3.8) is 0 Å². The fourth-order valence-electron chi connectivity index (χ4n) is 1.94. The smallest absolute Gasteiger partial charge is 0.311 e. The minimum absolute atomic E-state index is 0.243. The number of anilines is 1. The van der Waals surface area contributed by atoms with E-state index in [9.17, 15) is 4.79 Å². The zero-order valence-corrected chi connectivity index (χ0v) is 12.9. The van der Waals surface area contributed by atoms with Gasteiger partial charge in [-0.05, 0) is 12.8 Å². The maximum absolute atomic E-state index is 11.2. The number of ether oxygens (including phenoxy) is 1. The number of hydrogen-bond acceptors (Lipinski definition) is 5. The van der Waals surface area contributed by atoms with Gasteiger partial charge in [0.15, 0.2) is 5.13 Å². The molecule has 0 aromatic carbocycles. The van der Waals surface area contributed by atoms with Crippen LogP contribution in [-0.2, 0) is 16.0 Å². The molecule has 0 saturated heterocycles. The Kier molecular flexibility index (Phi) is 7.48. The Bertz CT molecular complexity index is 379. The number of nitrogens with one attached hydrogen (secondary N) is 1. The lowest BCUT2D eigenvalue weighted by atomic mass is 10.1. The third kappa shape index (κ3) is 6.05. The summed E-state index contributed by atoms with van der Waals surface area (Å²) in [5.41, 5.74) is 0.782. The molecular weight excluding hydrogens is 260 g/mol. The average molecular weight is 284 g/mol. The van der Waals surface area contributed by atoms with Crippen LogP contribution in [0.15, 0.2) is 5.38 Å². The summed E-state index contributed by atoms with van der Waals surface area (Å²) in [7, 11) is 1.40. The van der Waals surface area contributed by atoms with Crippen LogP contribution in [0.1, 0.15) is 51.6 Å². The van der Waals surface area contributed by atoms with Crippen molar-refractivity contribution in [3.05, 3.63) is 11.1 Å². The molecule has 0 radical (unpaired) electrons. The summed E-state index contributed by atoms with van der Waals surface area (Å²) in [5, 5.41) is 6.31. The quantitative estimate of drug-likeness (QED) is 0.704. The highest BCUT2D eigenvalue weighted by Crippen LogP contribution is 2.20. The van der Waals surface area contributed by atoms with Gasteiger partial charge in [-0.3, -0.25) is 4.79 Å². The fourth-order valence-corrected chi connectivity index (χ4v) is 2.73. The second-order valence-corrected chi connectivity index (χ2v) is 5.53. The van der Waals surface area contributed by atoms with E-state index in [0.29, 0.717) is 6.04 Å². The van der Waals surface area contributed by atoms with Crippen molar-refractivity contribution in [2.24, 2.45) is 0 Å². The molecule has 0 amide bonds. The van der Waals surface area contributed by atoms with E-state index in [-0.39, 0.29) is 12.4 Å². The van der Waals surface area contributed by atoms with E-state index in [4.69, 9.17) is 0 Å². The van der Waals surface area contributed by atoms with E-state index < -0.39 is 0 Å². The van der Waals surface area contributed by atoms with Crippen molar-refractivity contribution in [2.75, 3.05) is 12.4 Å². The molecule has 0 aliphatic carbocycles. The molecule has 0 saturated carbocycles. The molecule has 0 aliphatic heterocycles. The number of nitrogens with zero attached hydrogens (tertiary/aromatic N) is 1. The molecule has 0 aliphatic rings. The number of carbonyl (C=O) groups is 1. The summed E-state index contributed by atoms with van der Waals surface area (Å²) in [6, 6.07) is 0.488. The maximum atomic E-state index is 11.2. The van der Waals surface area contributed by atoms with Gasteiger partial charge in [0, 0.05) is 11.4 Å². The molecule has 1 atom stereocenters. The molecule has 0 bridgehead atoms. The van der Waals surface area contributed by atoms with Crippen LogP contribution in [0.2, 0.25) is 0 Å². The monoisotopic (exact) mass is 284 g/mol. The van der Waals surface area contributed by atoms with Crippen molar-refractivity contribution >= 4 is 22.4 Å². The second kappa shape index (κ2) is 8.91. The van der Waals surface area contributed by atoms with Crippen LogP contribution >= 0.6 is 11.3 Å². The molecule has 108 valence electrons. The van der Waals surface area contributed by atoms with Crippen molar-refractivity contribution in [3.8, 4) is 0 Å². The minimum Gasteiger partial charge on any atom is -0.469 e. The van der Waals surface area contributed by atoms with Gasteiger partial charge < -0.3 is 10.1 Å². The summed E-state index contributed by atoms with van der Waals surface area (Å²) < 4.78 is 4.64. The van der Waals surface area contributed by atoms with Crippen LogP contribution in [0.3, 0.4) is 0 Å². The Morgan fingerprint density at radius 3 is 2.84 bits per heavy atom. The molecule has 5 heteroatoms. The number of thiazole rings is 1. The minimum atomic E-state index is -0.243. The molecular formula is C14H24N2O2S. The van der Waals surface area contributed by atoms with E-state index in [1.807, 2.05) is 5.38 Å². The molecule has 1 N–H and O–H groups in total. The first-order valence-corrected chi connectivity index (χ1v) is 7.85. The summed E-state index contributed by atoms with van der Waals surface area (Å²) in [4.78, 5) is 15.6. The number of carbonyl (C=O) groups excluding carboxylic acids is 1. The van der Waals surface area contributed by atoms with Crippen molar-refractivity contribution < 1.29 is 9.53 Å². The van der Waals surface area contributed by atoms with E-state index >= 15 is 0 Å². The number of unbranched alkanes of at least 4 members (excludes halogenated alkanes) is 1. The van der Waals surface area contributed by atoms with E-state index in [1.165, 1.54) is 32.8 Å². The van der Waals surface area contributed by atoms with Crippen molar-refractivity contribution in [2.45, 2.75) is 58.4 Å². The van der Waals surface area contributed by atoms with Gasteiger partial charge >= 0.3 is 5.97 Å². The number of aromatic nitrogens is 1. The van der Waals surface area contributed by atoms with Crippen LogP contribution in [0.25, 0.3) is 0 Å². The predicted molar refractivity (Wildman–Crippen MR) is 79.7 cm³/mol. The summed E-state index contributed by atoms with van der Waals surface area (Å²) in [6.07, 6.45) is 6.21. The topological polar surface area (TPSA) is 51.2 Å².